The molecule has 10 N–H and O–H groups in total. The number of nitrogens with two attached hydrogens (primary N) is 1. The Morgan fingerprint density at radius 2 is 1.91 bits per heavy atom. The van der Waals surface area contributed by atoms with E-state index >= 15 is 0 Å². The van der Waals surface area contributed by atoms with E-state index in [9.17, 15) is 19.6 Å². The Bertz CT molecular complexity index is 641. The normalized spacial score (nSPS) is 28.6. The summed E-state index contributed by atoms with van der Waals surface area (Å²) in [6, 6.07) is 1.34. The van der Waals surface area contributed by atoms with E-state index in [4.69, 9.17) is 20.3 Å². The second-order valence-electron chi connectivity index (χ2n) is 4.74. The van der Waals surface area contributed by atoms with Gasteiger partial charge in [-0.2, -0.15) is 14.3 Å². The minimum atomic E-state index is -4.63. The van der Waals surface area contributed by atoms with Crippen LogP contribution in [0.1, 0.15) is 6.23 Å². The van der Waals surface area contributed by atoms with Crippen LogP contribution in [0.4, 0.5) is 5.82 Å². The Morgan fingerprint density at radius 3 is 2.39 bits per heavy atom. The van der Waals surface area contributed by atoms with E-state index in [1.807, 2.05) is 0 Å². The average Bonchev–Trinajstić information content (AvgIpc) is 2.65. The maximum atomic E-state index is 11.7. The minimum Gasteiger partial charge on any atom is -1.00 e. The van der Waals surface area contributed by atoms with Gasteiger partial charge in [-0.25, -0.2) is 0 Å². The molecule has 5 atom stereocenters. The summed E-state index contributed by atoms with van der Waals surface area (Å²) >= 11 is 0. The van der Waals surface area contributed by atoms with Gasteiger partial charge in [0.1, 0.15) is 18.4 Å². The number of quaternary nitrogens is 1. The quantitative estimate of drug-likeness (QED) is 0.162. The van der Waals surface area contributed by atoms with Gasteiger partial charge in [0, 0.05) is 6.07 Å². The fourth-order valence-electron chi connectivity index (χ4n) is 2.08. The maximum absolute atomic E-state index is 11.7. The van der Waals surface area contributed by atoms with E-state index in [1.54, 1.807) is 0 Å². The number of H-pyrrole nitrogens is 1. The van der Waals surface area contributed by atoms with Gasteiger partial charge in [0.2, 0.25) is 12.0 Å². The number of nitrogen functional groups attached to an aromatic ring is 1. The first-order valence-electron chi connectivity index (χ1n) is 5.92. The van der Waals surface area contributed by atoms with E-state index in [0.29, 0.717) is 0 Å². The summed E-state index contributed by atoms with van der Waals surface area (Å²) in [5, 5.41) is 19.8. The largest absolute Gasteiger partial charge is 1.00 e. The Hall–Kier alpha value is -0.370. The van der Waals surface area contributed by atoms with Crippen LogP contribution in [0.25, 0.3) is 0 Å². The van der Waals surface area contributed by atoms with Crippen molar-refractivity contribution in [3.05, 3.63) is 22.7 Å². The van der Waals surface area contributed by atoms with Crippen LogP contribution in [0.3, 0.4) is 0 Å². The zero-order valence-corrected chi connectivity index (χ0v) is 15.6. The van der Waals surface area contributed by atoms with Gasteiger partial charge in [0.15, 0.2) is 11.9 Å². The molecule has 1 aromatic heterocycles. The van der Waals surface area contributed by atoms with Gasteiger partial charge in [-0.15, -0.1) is 0 Å². The lowest BCUT2D eigenvalue weighted by Gasteiger charge is -2.19. The molecule has 0 bridgehead atoms. The van der Waals surface area contributed by atoms with Gasteiger partial charge >= 0.3 is 13.3 Å². The summed E-state index contributed by atoms with van der Waals surface area (Å²) in [7, 11) is -4.63. The van der Waals surface area contributed by atoms with E-state index in [0.717, 1.165) is 4.57 Å². The maximum Gasteiger partial charge on any atom is 0.499 e. The molecular weight excluding hydrogens is 467 g/mol. The smallest absolute Gasteiger partial charge is 0.499 e. The van der Waals surface area contributed by atoms with Gasteiger partial charge in [0.05, 0.1) is 0 Å². The van der Waals surface area contributed by atoms with Gasteiger partial charge < -0.3 is 70.2 Å². The molecule has 1 fully saturated rings. The third-order valence-electron chi connectivity index (χ3n) is 3.26. The molecule has 0 saturated carbocycles. The molecule has 1 aliphatic heterocycles. The van der Waals surface area contributed by atoms with E-state index < -0.39 is 43.6 Å². The third kappa shape index (κ3) is 4.59. The minimum absolute atomic E-state index is 0. The van der Waals surface area contributed by atoms with Crippen molar-refractivity contribution in [2.45, 2.75) is 30.3 Å². The molecule has 0 aromatic carbocycles. The number of aromatic nitrogens is 2. The number of aliphatic hydroxyl groups is 2. The molecule has 23 heavy (non-hydrogen) atoms. The monoisotopic (exact) mass is 482 g/mol. The summed E-state index contributed by atoms with van der Waals surface area (Å²) in [4.78, 5) is 32.2. The van der Waals surface area contributed by atoms with Crippen molar-refractivity contribution in [3.63, 3.8) is 0 Å². The first-order valence-corrected chi connectivity index (χ1v) is 7.61. The van der Waals surface area contributed by atoms with Crippen molar-refractivity contribution in [1.29, 1.82) is 0 Å². The van der Waals surface area contributed by atoms with Crippen LogP contribution >= 0.6 is 7.60 Å². The molecular formula is C9H17Br2N4O7P. The van der Waals surface area contributed by atoms with Crippen molar-refractivity contribution < 1.29 is 73.6 Å². The first kappa shape index (κ1) is 22.6. The number of hydrogen-bond acceptors (Lipinski definition) is 6. The molecule has 0 spiro atoms. The Labute approximate surface area is 151 Å². The standard InChI is InChI=1S/C9H15N4O7P.2BrH/c10-3-1-2-13(9(16)12-3)8-5(15)4(14)6(20-8)7(11)21(17,18)19;;/h1-2,4-8,14-15H,11H2,(H4,10,12,16,17,18,19);2*1H/t4-,5+,6-,7-,8+;;/m0../s1. The number of rotatable bonds is 3. The third-order valence-corrected chi connectivity index (χ3v) is 4.42. The number of halogens is 2. The van der Waals surface area contributed by atoms with E-state index in [-0.39, 0.29) is 39.8 Å². The molecule has 134 valence electrons. The highest BCUT2D eigenvalue weighted by Crippen LogP contribution is 2.43. The Balaban J connectivity index is 0.00000242. The van der Waals surface area contributed by atoms with Crippen LogP contribution in [-0.2, 0) is 9.30 Å². The van der Waals surface area contributed by atoms with Gasteiger partial charge in [0.25, 0.3) is 0 Å². The van der Waals surface area contributed by atoms with Gasteiger partial charge in [-0.3, -0.25) is 4.57 Å². The van der Waals surface area contributed by atoms with Crippen molar-refractivity contribution >= 4 is 13.4 Å². The fraction of sp³-hybridized carbons (Fsp3) is 0.556. The Morgan fingerprint density at radius 1 is 1.35 bits per heavy atom. The van der Waals surface area contributed by atoms with Crippen LogP contribution < -0.4 is 55.7 Å². The number of nitrogens with zero attached hydrogens (tertiary/aromatic N) is 1. The van der Waals surface area contributed by atoms with Crippen molar-refractivity contribution in [1.82, 2.24) is 4.98 Å². The number of anilines is 1. The van der Waals surface area contributed by atoms with E-state index in [1.165, 1.54) is 12.3 Å². The van der Waals surface area contributed by atoms with E-state index in [2.05, 4.69) is 10.7 Å². The second kappa shape index (κ2) is 8.14. The lowest BCUT2D eigenvalue weighted by molar-refractivity contribution is -0.780. The Kier molecular flexibility index (Phi) is 8.01. The summed E-state index contributed by atoms with van der Waals surface area (Å²) < 4.78 is 17.3. The topological polar surface area (TPSA) is 198 Å². The highest BCUT2D eigenvalue weighted by atomic mass is 79.9. The molecule has 11 nitrogen and oxygen atoms in total. The molecule has 1 aromatic rings. The molecule has 0 aliphatic carbocycles. The highest BCUT2D eigenvalue weighted by Gasteiger charge is 2.54. The number of aromatic amines is 1. The van der Waals surface area contributed by atoms with Crippen LogP contribution in [0.5, 0.6) is 0 Å². The number of ether oxygens (including phenoxy) is 1. The zero-order chi connectivity index (χ0) is 15.9. The lowest BCUT2D eigenvalue weighted by atomic mass is 10.1. The highest BCUT2D eigenvalue weighted by molar-refractivity contribution is 7.52. The van der Waals surface area contributed by atoms with Crippen LogP contribution in [0, 0.1) is 0 Å². The van der Waals surface area contributed by atoms with Crippen molar-refractivity contribution in [2.75, 3.05) is 5.73 Å². The molecule has 2 rings (SSSR count). The van der Waals surface area contributed by atoms with Crippen LogP contribution in [0.15, 0.2) is 17.1 Å². The van der Waals surface area contributed by atoms with Crippen molar-refractivity contribution in [3.8, 4) is 0 Å². The zero-order valence-electron chi connectivity index (χ0n) is 11.5. The molecule has 0 unspecified atom stereocenters. The molecule has 2 heterocycles. The fourth-order valence-corrected chi connectivity index (χ4v) is 2.71. The molecule has 0 amide bonds. The predicted molar refractivity (Wildman–Crippen MR) is 66.3 cm³/mol. The van der Waals surface area contributed by atoms with Gasteiger partial charge in [-0.05, 0) is 0 Å². The number of hydrogen-bond donors (Lipinski definition) is 7. The second-order valence-corrected chi connectivity index (χ2v) is 6.58. The lowest BCUT2D eigenvalue weighted by Crippen LogP contribution is -3.00. The summed E-state index contributed by atoms with van der Waals surface area (Å²) in [6.45, 7) is 0. The van der Waals surface area contributed by atoms with Crippen molar-refractivity contribution in [2.24, 2.45) is 0 Å². The average molecular weight is 484 g/mol. The number of aliphatic hydroxyl groups excluding tert-OH is 2. The molecule has 1 aliphatic rings. The van der Waals surface area contributed by atoms with Crippen LogP contribution in [0.2, 0.25) is 0 Å². The number of nitrogens with one attached hydrogen (secondary N) is 1. The summed E-state index contributed by atoms with van der Waals surface area (Å²) in [6.07, 6.45) is -4.66. The van der Waals surface area contributed by atoms with Crippen LogP contribution in [-0.4, -0.2) is 49.1 Å². The first-order chi connectivity index (χ1) is 9.62. The summed E-state index contributed by atoms with van der Waals surface area (Å²) in [5.74, 6) is -1.49. The molecule has 1 saturated heterocycles. The SMILES string of the molecule is Nc1cc[n+]([C@@H]2O[C@H]([C@@H]([NH3+])P(=O)(O)O)[C@@H](O)[C@H]2O)c(=O)[nH]1.[Br-].[Br-]. The predicted octanol–water partition coefficient (Wildman–Crippen LogP) is -10.4. The summed E-state index contributed by atoms with van der Waals surface area (Å²) in [5.41, 5.74) is 7.95. The molecule has 0 radical (unpaired) electrons. The molecule has 14 heteroatoms. The van der Waals surface area contributed by atoms with Gasteiger partial charge in [-0.1, -0.05) is 0 Å².